The fourth-order valence-corrected chi connectivity index (χ4v) is 1.62. The van der Waals surface area contributed by atoms with Crippen molar-refractivity contribution >= 4 is 18.3 Å². The minimum absolute atomic E-state index is 0. The second-order valence-corrected chi connectivity index (χ2v) is 4.77. The third kappa shape index (κ3) is 9.39. The Morgan fingerprint density at radius 2 is 2.00 bits per heavy atom. The van der Waals surface area contributed by atoms with Gasteiger partial charge < -0.3 is 16.2 Å². The van der Waals surface area contributed by atoms with Crippen molar-refractivity contribution in [2.75, 3.05) is 13.2 Å². The average molecular weight is 267 g/mol. The van der Waals surface area contributed by atoms with E-state index in [4.69, 9.17) is 10.8 Å². The second kappa shape index (κ2) is 10.8. The molecular formula is C12H27ClN2O2. The molecule has 1 amide bonds. The van der Waals surface area contributed by atoms with Gasteiger partial charge in [0.2, 0.25) is 5.91 Å². The Kier molecular flexibility index (Phi) is 12.1. The molecule has 104 valence electrons. The quantitative estimate of drug-likeness (QED) is 0.620. The van der Waals surface area contributed by atoms with E-state index in [2.05, 4.69) is 12.2 Å². The Balaban J connectivity index is 0. The molecule has 4 nitrogen and oxygen atoms in total. The molecule has 17 heavy (non-hydrogen) atoms. The molecule has 0 aromatic heterocycles. The van der Waals surface area contributed by atoms with Crippen LogP contribution in [0.25, 0.3) is 0 Å². The van der Waals surface area contributed by atoms with E-state index >= 15 is 0 Å². The van der Waals surface area contributed by atoms with Crippen LogP contribution in [0.3, 0.4) is 0 Å². The van der Waals surface area contributed by atoms with Crippen molar-refractivity contribution in [3.05, 3.63) is 0 Å². The van der Waals surface area contributed by atoms with Gasteiger partial charge in [-0.1, -0.05) is 27.2 Å². The first-order valence-electron chi connectivity index (χ1n) is 6.15. The van der Waals surface area contributed by atoms with Crippen molar-refractivity contribution in [1.29, 1.82) is 0 Å². The normalized spacial score (nSPS) is 14.0. The minimum atomic E-state index is -0.411. The van der Waals surface area contributed by atoms with Gasteiger partial charge in [0.25, 0.3) is 0 Å². The zero-order valence-corrected chi connectivity index (χ0v) is 11.9. The van der Waals surface area contributed by atoms with Crippen molar-refractivity contribution in [2.45, 2.75) is 46.1 Å². The molecule has 0 fully saturated rings. The average Bonchev–Trinajstić information content (AvgIpc) is 2.22. The topological polar surface area (TPSA) is 75.3 Å². The number of amides is 1. The molecule has 0 rings (SSSR count). The molecule has 0 saturated carbocycles. The number of nitrogens with two attached hydrogens (primary N) is 1. The summed E-state index contributed by atoms with van der Waals surface area (Å²) in [5.41, 5.74) is 5.76. The molecule has 0 aliphatic carbocycles. The number of aliphatic hydroxyl groups is 1. The van der Waals surface area contributed by atoms with Crippen LogP contribution >= 0.6 is 12.4 Å². The van der Waals surface area contributed by atoms with Crippen LogP contribution in [0.5, 0.6) is 0 Å². The molecule has 0 aromatic rings. The number of aliphatic hydroxyl groups excluding tert-OH is 1. The van der Waals surface area contributed by atoms with Crippen molar-refractivity contribution in [2.24, 2.45) is 17.6 Å². The van der Waals surface area contributed by atoms with Gasteiger partial charge in [-0.05, 0) is 24.7 Å². The lowest BCUT2D eigenvalue weighted by Crippen LogP contribution is -2.43. The van der Waals surface area contributed by atoms with Gasteiger partial charge in [-0.3, -0.25) is 4.79 Å². The molecule has 0 aliphatic heterocycles. The number of carbonyl (C=O) groups is 1. The van der Waals surface area contributed by atoms with Crippen LogP contribution in [-0.2, 0) is 4.79 Å². The number of hydrogen-bond donors (Lipinski definition) is 3. The van der Waals surface area contributed by atoms with Crippen LogP contribution in [0.2, 0.25) is 0 Å². The highest BCUT2D eigenvalue weighted by molar-refractivity contribution is 5.85. The Labute approximate surface area is 111 Å². The Hall–Kier alpha value is -0.320. The van der Waals surface area contributed by atoms with Crippen LogP contribution in [0, 0.1) is 11.8 Å². The molecule has 0 aromatic carbocycles. The van der Waals surface area contributed by atoms with E-state index in [0.29, 0.717) is 24.8 Å². The van der Waals surface area contributed by atoms with Gasteiger partial charge in [-0.2, -0.15) is 0 Å². The standard InChI is InChI=1S/C12H26N2O2.ClH/c1-4-10(5-6-15)8-14-12(16)11(13)7-9(2)3;/h9-11,15H,4-8,13H2,1-3H3,(H,14,16);1H/t10?,11-;/m0./s1. The Morgan fingerprint density at radius 1 is 1.41 bits per heavy atom. The second-order valence-electron chi connectivity index (χ2n) is 4.77. The smallest absolute Gasteiger partial charge is 0.236 e. The molecule has 2 atom stereocenters. The predicted molar refractivity (Wildman–Crippen MR) is 73.2 cm³/mol. The fourth-order valence-electron chi connectivity index (χ4n) is 1.62. The number of rotatable bonds is 8. The van der Waals surface area contributed by atoms with Crippen LogP contribution in [0.1, 0.15) is 40.0 Å². The maximum Gasteiger partial charge on any atom is 0.236 e. The van der Waals surface area contributed by atoms with E-state index in [-0.39, 0.29) is 24.9 Å². The van der Waals surface area contributed by atoms with E-state index in [1.807, 2.05) is 13.8 Å². The van der Waals surface area contributed by atoms with Gasteiger partial charge in [-0.15, -0.1) is 12.4 Å². The van der Waals surface area contributed by atoms with Gasteiger partial charge in [-0.25, -0.2) is 0 Å². The van der Waals surface area contributed by atoms with Crippen LogP contribution in [0.4, 0.5) is 0 Å². The zero-order valence-electron chi connectivity index (χ0n) is 11.1. The van der Waals surface area contributed by atoms with Crippen LogP contribution in [-0.4, -0.2) is 30.2 Å². The molecule has 0 aliphatic rings. The van der Waals surface area contributed by atoms with E-state index < -0.39 is 6.04 Å². The van der Waals surface area contributed by atoms with Crippen molar-refractivity contribution in [3.63, 3.8) is 0 Å². The SMILES string of the molecule is CCC(CCO)CNC(=O)[C@@H](N)CC(C)C.Cl. The summed E-state index contributed by atoms with van der Waals surface area (Å²) >= 11 is 0. The summed E-state index contributed by atoms with van der Waals surface area (Å²) in [5, 5.41) is 11.7. The molecule has 4 N–H and O–H groups in total. The molecule has 1 unspecified atom stereocenters. The van der Waals surface area contributed by atoms with Gasteiger partial charge >= 0.3 is 0 Å². The van der Waals surface area contributed by atoms with E-state index in [1.54, 1.807) is 0 Å². The Bertz CT molecular complexity index is 201. The number of nitrogens with one attached hydrogen (secondary N) is 1. The first-order chi connectivity index (χ1) is 7.51. The van der Waals surface area contributed by atoms with Crippen molar-refractivity contribution in [1.82, 2.24) is 5.32 Å². The number of carbonyl (C=O) groups excluding carboxylic acids is 1. The maximum absolute atomic E-state index is 11.6. The van der Waals surface area contributed by atoms with Crippen LogP contribution in [0.15, 0.2) is 0 Å². The molecule has 0 bridgehead atoms. The maximum atomic E-state index is 11.6. The highest BCUT2D eigenvalue weighted by Gasteiger charge is 2.15. The lowest BCUT2D eigenvalue weighted by molar-refractivity contribution is -0.122. The summed E-state index contributed by atoms with van der Waals surface area (Å²) in [6.07, 6.45) is 2.40. The summed E-state index contributed by atoms with van der Waals surface area (Å²) in [5.74, 6) is 0.699. The largest absolute Gasteiger partial charge is 0.396 e. The summed E-state index contributed by atoms with van der Waals surface area (Å²) in [6, 6.07) is -0.411. The minimum Gasteiger partial charge on any atom is -0.396 e. The third-order valence-electron chi connectivity index (χ3n) is 2.74. The summed E-state index contributed by atoms with van der Waals surface area (Å²) in [6.45, 7) is 6.94. The van der Waals surface area contributed by atoms with Gasteiger partial charge in [0.05, 0.1) is 6.04 Å². The summed E-state index contributed by atoms with van der Waals surface area (Å²) in [4.78, 5) is 11.6. The fraction of sp³-hybridized carbons (Fsp3) is 0.917. The Morgan fingerprint density at radius 3 is 2.41 bits per heavy atom. The van der Waals surface area contributed by atoms with Gasteiger partial charge in [0.1, 0.15) is 0 Å². The highest BCUT2D eigenvalue weighted by Crippen LogP contribution is 2.06. The van der Waals surface area contributed by atoms with Crippen LogP contribution < -0.4 is 11.1 Å². The van der Waals surface area contributed by atoms with Gasteiger partial charge in [0, 0.05) is 13.2 Å². The monoisotopic (exact) mass is 266 g/mol. The van der Waals surface area contributed by atoms with E-state index in [0.717, 1.165) is 12.8 Å². The first-order valence-corrected chi connectivity index (χ1v) is 6.15. The third-order valence-corrected chi connectivity index (χ3v) is 2.74. The van der Waals surface area contributed by atoms with E-state index in [1.165, 1.54) is 0 Å². The molecule has 0 spiro atoms. The lowest BCUT2D eigenvalue weighted by atomic mass is 10.0. The number of hydrogen-bond acceptors (Lipinski definition) is 3. The predicted octanol–water partition coefficient (Wildman–Crippen LogP) is 1.31. The van der Waals surface area contributed by atoms with Crippen molar-refractivity contribution in [3.8, 4) is 0 Å². The molecule has 0 radical (unpaired) electrons. The molecule has 0 heterocycles. The van der Waals surface area contributed by atoms with E-state index in [9.17, 15) is 4.79 Å². The molecular weight excluding hydrogens is 240 g/mol. The highest BCUT2D eigenvalue weighted by atomic mass is 35.5. The molecule has 0 saturated heterocycles. The summed E-state index contributed by atoms with van der Waals surface area (Å²) < 4.78 is 0. The first kappa shape index (κ1) is 19.0. The zero-order chi connectivity index (χ0) is 12.6. The lowest BCUT2D eigenvalue weighted by Gasteiger charge is -2.18. The molecule has 5 heteroatoms. The summed E-state index contributed by atoms with van der Waals surface area (Å²) in [7, 11) is 0. The van der Waals surface area contributed by atoms with Gasteiger partial charge in [0.15, 0.2) is 0 Å². The number of halogens is 1. The van der Waals surface area contributed by atoms with Crippen molar-refractivity contribution < 1.29 is 9.90 Å².